The van der Waals surface area contributed by atoms with E-state index < -0.39 is 0 Å². The van der Waals surface area contributed by atoms with Crippen LogP contribution in [0.4, 0.5) is 0 Å². The molecule has 3 rings (SSSR count). The Morgan fingerprint density at radius 3 is 3.06 bits per heavy atom. The molecule has 90 valence electrons. The van der Waals surface area contributed by atoms with Crippen molar-refractivity contribution in [3.8, 4) is 0 Å². The second-order valence-electron chi connectivity index (χ2n) is 5.47. The Bertz CT molecular complexity index is 529. The first-order chi connectivity index (χ1) is 8.18. The molecule has 3 heterocycles. The minimum Gasteiger partial charge on any atom is -0.307 e. The fourth-order valence-corrected chi connectivity index (χ4v) is 2.71. The van der Waals surface area contributed by atoms with Crippen molar-refractivity contribution in [3.05, 3.63) is 30.2 Å². The third-order valence-electron chi connectivity index (χ3n) is 3.73. The molecule has 0 radical (unpaired) electrons. The van der Waals surface area contributed by atoms with Crippen LogP contribution in [0.3, 0.4) is 0 Å². The van der Waals surface area contributed by atoms with Crippen molar-refractivity contribution in [2.45, 2.75) is 32.7 Å². The standard InChI is InChI=1S/C13H18N4/c1-13(2)7-5-8-14-11(13)12-16-15-10-6-3-4-9-17(10)12/h3-4,6,9,11,14H,5,7-8H2,1-2H3. The molecule has 1 fully saturated rings. The van der Waals surface area contributed by atoms with Crippen molar-refractivity contribution >= 4 is 5.65 Å². The van der Waals surface area contributed by atoms with Crippen LogP contribution in [0.25, 0.3) is 5.65 Å². The minimum atomic E-state index is 0.233. The summed E-state index contributed by atoms with van der Waals surface area (Å²) in [4.78, 5) is 0. The average molecular weight is 230 g/mol. The van der Waals surface area contributed by atoms with Crippen molar-refractivity contribution in [1.82, 2.24) is 19.9 Å². The molecule has 1 aliphatic heterocycles. The summed E-state index contributed by atoms with van der Waals surface area (Å²) in [6.07, 6.45) is 4.50. The highest BCUT2D eigenvalue weighted by atomic mass is 15.3. The van der Waals surface area contributed by atoms with E-state index in [1.54, 1.807) is 0 Å². The summed E-state index contributed by atoms with van der Waals surface area (Å²) in [6.45, 7) is 5.66. The topological polar surface area (TPSA) is 42.2 Å². The van der Waals surface area contributed by atoms with Gasteiger partial charge >= 0.3 is 0 Å². The molecule has 1 unspecified atom stereocenters. The summed E-state index contributed by atoms with van der Waals surface area (Å²) < 4.78 is 2.09. The SMILES string of the molecule is CC1(C)CCCNC1c1nnc2ccccn12. The van der Waals surface area contributed by atoms with Gasteiger partial charge < -0.3 is 5.32 Å². The lowest BCUT2D eigenvalue weighted by atomic mass is 9.77. The van der Waals surface area contributed by atoms with Gasteiger partial charge in [0.2, 0.25) is 0 Å². The Kier molecular flexibility index (Phi) is 2.40. The van der Waals surface area contributed by atoms with Crippen molar-refractivity contribution in [2.75, 3.05) is 6.54 Å². The third-order valence-corrected chi connectivity index (χ3v) is 3.73. The molecule has 17 heavy (non-hydrogen) atoms. The molecule has 0 aliphatic carbocycles. The molecule has 2 aromatic heterocycles. The van der Waals surface area contributed by atoms with Crippen LogP contribution < -0.4 is 5.32 Å². The quantitative estimate of drug-likeness (QED) is 0.816. The van der Waals surface area contributed by atoms with E-state index in [-0.39, 0.29) is 11.5 Å². The number of hydrogen-bond donors (Lipinski definition) is 1. The maximum absolute atomic E-state index is 4.37. The van der Waals surface area contributed by atoms with E-state index in [1.165, 1.54) is 12.8 Å². The maximum Gasteiger partial charge on any atom is 0.160 e. The third kappa shape index (κ3) is 1.72. The summed E-state index contributed by atoms with van der Waals surface area (Å²) in [6, 6.07) is 6.29. The number of piperidine rings is 1. The Balaban J connectivity index is 2.08. The van der Waals surface area contributed by atoms with Crippen LogP contribution in [0.1, 0.15) is 38.6 Å². The van der Waals surface area contributed by atoms with Gasteiger partial charge in [-0.15, -0.1) is 10.2 Å². The van der Waals surface area contributed by atoms with Gasteiger partial charge in [-0.1, -0.05) is 19.9 Å². The smallest absolute Gasteiger partial charge is 0.160 e. The molecule has 0 amide bonds. The molecular weight excluding hydrogens is 212 g/mol. The molecule has 0 aromatic carbocycles. The predicted octanol–water partition coefficient (Wildman–Crippen LogP) is 2.18. The first-order valence-corrected chi connectivity index (χ1v) is 6.21. The molecule has 1 aliphatic rings. The number of rotatable bonds is 1. The molecular formula is C13H18N4. The predicted molar refractivity (Wildman–Crippen MR) is 66.7 cm³/mol. The van der Waals surface area contributed by atoms with Gasteiger partial charge in [-0.25, -0.2) is 0 Å². The molecule has 4 nitrogen and oxygen atoms in total. The van der Waals surface area contributed by atoms with Gasteiger partial charge in [0, 0.05) is 6.20 Å². The van der Waals surface area contributed by atoms with E-state index in [9.17, 15) is 0 Å². The van der Waals surface area contributed by atoms with E-state index in [1.807, 2.05) is 24.4 Å². The normalized spacial score (nSPS) is 24.0. The van der Waals surface area contributed by atoms with E-state index in [4.69, 9.17) is 0 Å². The number of fused-ring (bicyclic) bond motifs is 1. The van der Waals surface area contributed by atoms with Crippen molar-refractivity contribution in [3.63, 3.8) is 0 Å². The molecule has 1 atom stereocenters. The van der Waals surface area contributed by atoms with E-state index >= 15 is 0 Å². The van der Waals surface area contributed by atoms with Crippen LogP contribution in [-0.4, -0.2) is 21.1 Å². The Hall–Kier alpha value is -1.42. The van der Waals surface area contributed by atoms with Crippen LogP contribution >= 0.6 is 0 Å². The van der Waals surface area contributed by atoms with Crippen molar-refractivity contribution < 1.29 is 0 Å². The summed E-state index contributed by atoms with van der Waals surface area (Å²) >= 11 is 0. The lowest BCUT2D eigenvalue weighted by Crippen LogP contribution is -2.40. The first kappa shape index (κ1) is 10.7. The molecule has 0 saturated carbocycles. The van der Waals surface area contributed by atoms with E-state index in [2.05, 4.69) is 33.8 Å². The molecule has 0 spiro atoms. The number of aromatic nitrogens is 3. The van der Waals surface area contributed by atoms with Gasteiger partial charge in [0.1, 0.15) is 0 Å². The van der Waals surface area contributed by atoms with Gasteiger partial charge in [0.05, 0.1) is 6.04 Å². The zero-order valence-corrected chi connectivity index (χ0v) is 10.3. The lowest BCUT2D eigenvalue weighted by Gasteiger charge is -2.38. The number of nitrogens with one attached hydrogen (secondary N) is 1. The highest BCUT2D eigenvalue weighted by Crippen LogP contribution is 2.39. The lowest BCUT2D eigenvalue weighted by molar-refractivity contribution is 0.173. The Labute approximate surface area is 101 Å². The van der Waals surface area contributed by atoms with Crippen molar-refractivity contribution in [2.24, 2.45) is 5.41 Å². The zero-order chi connectivity index (χ0) is 11.9. The van der Waals surface area contributed by atoms with E-state index in [0.29, 0.717) is 0 Å². The van der Waals surface area contributed by atoms with Crippen molar-refractivity contribution in [1.29, 1.82) is 0 Å². The number of pyridine rings is 1. The highest BCUT2D eigenvalue weighted by Gasteiger charge is 2.35. The molecule has 1 saturated heterocycles. The van der Waals surface area contributed by atoms with Gasteiger partial charge in [0.15, 0.2) is 11.5 Å². The number of nitrogens with zero attached hydrogens (tertiary/aromatic N) is 3. The van der Waals surface area contributed by atoms with E-state index in [0.717, 1.165) is 18.0 Å². The molecule has 4 heteroatoms. The largest absolute Gasteiger partial charge is 0.307 e. The van der Waals surface area contributed by atoms with Gasteiger partial charge in [-0.3, -0.25) is 4.40 Å². The second kappa shape index (κ2) is 3.81. The Morgan fingerprint density at radius 2 is 2.24 bits per heavy atom. The van der Waals surface area contributed by atoms with Crippen LogP contribution in [-0.2, 0) is 0 Å². The molecule has 0 bridgehead atoms. The zero-order valence-electron chi connectivity index (χ0n) is 10.3. The first-order valence-electron chi connectivity index (χ1n) is 6.21. The highest BCUT2D eigenvalue weighted by molar-refractivity contribution is 5.37. The van der Waals surface area contributed by atoms with Gasteiger partial charge in [-0.05, 0) is 36.9 Å². The Morgan fingerprint density at radius 1 is 1.35 bits per heavy atom. The van der Waals surface area contributed by atoms with Crippen LogP contribution in [0.15, 0.2) is 24.4 Å². The van der Waals surface area contributed by atoms with Gasteiger partial charge in [0.25, 0.3) is 0 Å². The second-order valence-corrected chi connectivity index (χ2v) is 5.47. The summed E-state index contributed by atoms with van der Waals surface area (Å²) in [7, 11) is 0. The fourth-order valence-electron chi connectivity index (χ4n) is 2.71. The summed E-state index contributed by atoms with van der Waals surface area (Å²) in [5, 5.41) is 12.2. The summed E-state index contributed by atoms with van der Waals surface area (Å²) in [5.41, 5.74) is 1.16. The van der Waals surface area contributed by atoms with Crippen LogP contribution in [0.2, 0.25) is 0 Å². The van der Waals surface area contributed by atoms with Gasteiger partial charge in [-0.2, -0.15) is 0 Å². The maximum atomic E-state index is 4.37. The average Bonchev–Trinajstić information content (AvgIpc) is 2.72. The molecule has 1 N–H and O–H groups in total. The summed E-state index contributed by atoms with van der Waals surface area (Å²) in [5.74, 6) is 1.03. The fraction of sp³-hybridized carbons (Fsp3) is 0.538. The minimum absolute atomic E-state index is 0.233. The van der Waals surface area contributed by atoms with Crippen LogP contribution in [0, 0.1) is 5.41 Å². The van der Waals surface area contributed by atoms with Crippen LogP contribution in [0.5, 0.6) is 0 Å². The monoisotopic (exact) mass is 230 g/mol. The number of hydrogen-bond acceptors (Lipinski definition) is 3. The molecule has 2 aromatic rings.